The first kappa shape index (κ1) is 13.3. The molecule has 0 radical (unpaired) electrons. The van der Waals surface area contributed by atoms with Crippen LogP contribution in [0, 0.1) is 0 Å². The number of carboxylic acid groups (broad SMARTS) is 1. The summed E-state index contributed by atoms with van der Waals surface area (Å²) in [5.74, 6) is -1.20. The van der Waals surface area contributed by atoms with Gasteiger partial charge < -0.3 is 14.5 Å². The van der Waals surface area contributed by atoms with Crippen molar-refractivity contribution in [3.8, 4) is 10.6 Å². The predicted octanol–water partition coefficient (Wildman–Crippen LogP) is -1.32. The molecule has 0 aromatic carbocycles. The first-order chi connectivity index (χ1) is 7.24. The van der Waals surface area contributed by atoms with Gasteiger partial charge in [-0.2, -0.15) is 0 Å². The van der Waals surface area contributed by atoms with E-state index in [9.17, 15) is 9.90 Å². The van der Waals surface area contributed by atoms with Gasteiger partial charge >= 0.3 is 29.6 Å². The third-order valence-electron chi connectivity index (χ3n) is 2.08. The molecule has 0 N–H and O–H groups in total. The average Bonchev–Trinajstić information content (AvgIpc) is 2.85. The van der Waals surface area contributed by atoms with E-state index in [-0.39, 0.29) is 35.3 Å². The molecule has 16 heavy (non-hydrogen) atoms. The number of aromatic nitrogens is 1. The Balaban J connectivity index is 0.00000128. The molecule has 2 rings (SSSR count). The number of carbonyl (C=O) groups excluding carboxylic acids is 1. The van der Waals surface area contributed by atoms with Gasteiger partial charge in [-0.3, -0.25) is 0 Å². The minimum absolute atomic E-state index is 0. The van der Waals surface area contributed by atoms with E-state index in [0.717, 1.165) is 10.6 Å². The zero-order valence-electron chi connectivity index (χ0n) is 8.84. The summed E-state index contributed by atoms with van der Waals surface area (Å²) >= 11 is 1.55. The Morgan fingerprint density at radius 2 is 2.19 bits per heavy atom. The number of carbonyl (C=O) groups is 1. The van der Waals surface area contributed by atoms with E-state index in [2.05, 4.69) is 6.58 Å². The first-order valence-electron chi connectivity index (χ1n) is 4.33. The van der Waals surface area contributed by atoms with Crippen LogP contribution in [0.5, 0.6) is 0 Å². The molecular formula is C11H8NNaO2S. The van der Waals surface area contributed by atoms with E-state index in [1.54, 1.807) is 17.4 Å². The van der Waals surface area contributed by atoms with Crippen LogP contribution in [0.3, 0.4) is 0 Å². The van der Waals surface area contributed by atoms with Crippen LogP contribution in [0.4, 0.5) is 0 Å². The van der Waals surface area contributed by atoms with Crippen molar-refractivity contribution in [2.45, 2.75) is 0 Å². The van der Waals surface area contributed by atoms with Crippen LogP contribution in [0.15, 0.2) is 36.2 Å². The predicted molar refractivity (Wildman–Crippen MR) is 58.5 cm³/mol. The second-order valence-electron chi connectivity index (χ2n) is 2.92. The van der Waals surface area contributed by atoms with Crippen LogP contribution in [0.25, 0.3) is 16.8 Å². The van der Waals surface area contributed by atoms with Crippen molar-refractivity contribution in [3.05, 3.63) is 41.9 Å². The number of hydrogen-bond acceptors (Lipinski definition) is 3. The molecule has 2 heterocycles. The summed E-state index contributed by atoms with van der Waals surface area (Å²) < 4.78 is 1.52. The summed E-state index contributed by atoms with van der Waals surface area (Å²) in [7, 11) is 0. The van der Waals surface area contributed by atoms with Gasteiger partial charge in [-0.05, 0) is 23.6 Å². The molecule has 76 valence electrons. The van der Waals surface area contributed by atoms with Gasteiger partial charge in [0.05, 0.1) is 22.2 Å². The van der Waals surface area contributed by atoms with Crippen molar-refractivity contribution < 1.29 is 39.5 Å². The second-order valence-corrected chi connectivity index (χ2v) is 3.87. The molecule has 0 unspecified atom stereocenters. The van der Waals surface area contributed by atoms with Crippen LogP contribution in [-0.4, -0.2) is 10.5 Å². The van der Waals surface area contributed by atoms with Crippen LogP contribution in [0.1, 0.15) is 10.5 Å². The Kier molecular flexibility index (Phi) is 4.56. The molecule has 0 aliphatic heterocycles. The van der Waals surface area contributed by atoms with Crippen LogP contribution in [-0.2, 0) is 0 Å². The quantitative estimate of drug-likeness (QED) is 0.626. The molecule has 3 nitrogen and oxygen atoms in total. The SMILES string of the molecule is C=Cn1c(C(=O)[O-])ccc1-c1cccs1.[Na+]. The summed E-state index contributed by atoms with van der Waals surface area (Å²) in [4.78, 5) is 11.8. The normalized spacial score (nSPS) is 9.50. The maximum atomic E-state index is 10.8. The molecular weight excluding hydrogens is 233 g/mol. The number of nitrogens with zero attached hydrogens (tertiary/aromatic N) is 1. The van der Waals surface area contributed by atoms with E-state index >= 15 is 0 Å². The molecule has 0 fully saturated rings. The minimum Gasteiger partial charge on any atom is -0.543 e. The Labute approximate surface area is 119 Å². The molecule has 5 heteroatoms. The van der Waals surface area contributed by atoms with Gasteiger partial charge in [0.15, 0.2) is 0 Å². The van der Waals surface area contributed by atoms with Crippen molar-refractivity contribution >= 4 is 23.5 Å². The Bertz CT molecular complexity index is 502. The monoisotopic (exact) mass is 241 g/mol. The van der Waals surface area contributed by atoms with Gasteiger partial charge in [0.25, 0.3) is 0 Å². The largest absolute Gasteiger partial charge is 1.00 e. The summed E-state index contributed by atoms with van der Waals surface area (Å²) in [5.41, 5.74) is 0.938. The number of carboxylic acids is 1. The smallest absolute Gasteiger partial charge is 0.543 e. The molecule has 2 aromatic heterocycles. The van der Waals surface area contributed by atoms with Gasteiger partial charge in [0.2, 0.25) is 0 Å². The van der Waals surface area contributed by atoms with E-state index in [4.69, 9.17) is 0 Å². The maximum absolute atomic E-state index is 10.8. The molecule has 0 aliphatic carbocycles. The Hall–Kier alpha value is -0.810. The van der Waals surface area contributed by atoms with Gasteiger partial charge in [0, 0.05) is 6.20 Å². The molecule has 0 saturated heterocycles. The van der Waals surface area contributed by atoms with E-state index < -0.39 is 5.97 Å². The van der Waals surface area contributed by atoms with Crippen molar-refractivity contribution in [2.75, 3.05) is 0 Å². The fourth-order valence-electron chi connectivity index (χ4n) is 1.44. The molecule has 0 amide bonds. The standard InChI is InChI=1S/C11H9NO2S.Na/c1-2-12-8(10-4-3-7-15-10)5-6-9(12)11(13)14;/h2-7H,1H2,(H,13,14);/q;+1/p-1. The van der Waals surface area contributed by atoms with Crippen molar-refractivity contribution in [1.29, 1.82) is 0 Å². The zero-order chi connectivity index (χ0) is 10.8. The summed E-state index contributed by atoms with van der Waals surface area (Å²) in [6.07, 6.45) is 1.47. The molecule has 0 saturated carbocycles. The second kappa shape index (κ2) is 5.50. The van der Waals surface area contributed by atoms with E-state index in [0.29, 0.717) is 0 Å². The van der Waals surface area contributed by atoms with Crippen molar-refractivity contribution in [1.82, 2.24) is 4.57 Å². The maximum Gasteiger partial charge on any atom is 1.00 e. The van der Waals surface area contributed by atoms with Gasteiger partial charge in [-0.25, -0.2) is 0 Å². The zero-order valence-corrected chi connectivity index (χ0v) is 11.7. The summed E-state index contributed by atoms with van der Waals surface area (Å²) in [6, 6.07) is 7.11. The average molecular weight is 241 g/mol. The fourth-order valence-corrected chi connectivity index (χ4v) is 2.18. The van der Waals surface area contributed by atoms with Crippen LogP contribution in [0.2, 0.25) is 0 Å². The summed E-state index contributed by atoms with van der Waals surface area (Å²) in [5, 5.41) is 12.7. The third kappa shape index (κ3) is 2.30. The molecule has 0 aliphatic rings. The van der Waals surface area contributed by atoms with Crippen molar-refractivity contribution in [2.24, 2.45) is 0 Å². The van der Waals surface area contributed by atoms with E-state index in [1.165, 1.54) is 16.8 Å². The van der Waals surface area contributed by atoms with Gasteiger partial charge in [0.1, 0.15) is 0 Å². The Morgan fingerprint density at radius 3 is 2.69 bits per heavy atom. The summed E-state index contributed by atoms with van der Waals surface area (Å²) in [6.45, 7) is 3.59. The fraction of sp³-hybridized carbons (Fsp3) is 0. The van der Waals surface area contributed by atoms with Gasteiger partial charge in [-0.1, -0.05) is 12.6 Å². The molecule has 0 bridgehead atoms. The van der Waals surface area contributed by atoms with Crippen LogP contribution < -0.4 is 34.7 Å². The number of hydrogen-bond donors (Lipinski definition) is 0. The number of aromatic carboxylic acids is 1. The van der Waals surface area contributed by atoms with E-state index in [1.807, 2.05) is 17.5 Å². The molecule has 0 atom stereocenters. The number of thiophene rings is 1. The van der Waals surface area contributed by atoms with Crippen molar-refractivity contribution in [3.63, 3.8) is 0 Å². The Morgan fingerprint density at radius 1 is 1.44 bits per heavy atom. The number of rotatable bonds is 3. The van der Waals surface area contributed by atoms with Crippen LogP contribution >= 0.6 is 11.3 Å². The topological polar surface area (TPSA) is 45.1 Å². The molecule has 0 spiro atoms. The molecule has 2 aromatic rings. The third-order valence-corrected chi connectivity index (χ3v) is 2.98. The first-order valence-corrected chi connectivity index (χ1v) is 5.21. The van der Waals surface area contributed by atoms with Gasteiger partial charge in [-0.15, -0.1) is 11.3 Å². The minimum atomic E-state index is -1.20.